The fraction of sp³-hybridized carbons (Fsp3) is 0.214. The summed E-state index contributed by atoms with van der Waals surface area (Å²) in [5.74, 6) is -3.99. The van der Waals surface area contributed by atoms with Crippen LogP contribution in [-0.4, -0.2) is 65.5 Å². The van der Waals surface area contributed by atoms with Gasteiger partial charge in [-0.15, -0.1) is 0 Å². The Morgan fingerprint density at radius 3 is 2.52 bits per heavy atom. The topological polar surface area (TPSA) is 180 Å². The SMILES string of the molecule is NC(=O)c1nn(CC(=O)N2CC(F)CC2C(=O)Nc2cccc(-c3ccccc3Cl)c2F)c2cc(OCS(N)(=O)=O)ccc12. The average Bonchev–Trinajstić information content (AvgIpc) is 3.54. The molecule has 4 aromatic rings. The molecule has 1 saturated heterocycles. The van der Waals surface area contributed by atoms with E-state index < -0.39 is 64.8 Å². The molecule has 1 aliphatic heterocycles. The number of sulfonamides is 1. The minimum atomic E-state index is -3.97. The molecule has 0 saturated carbocycles. The lowest BCUT2D eigenvalue weighted by Crippen LogP contribution is -2.44. The van der Waals surface area contributed by atoms with Crippen molar-refractivity contribution in [1.82, 2.24) is 14.7 Å². The molecule has 0 radical (unpaired) electrons. The van der Waals surface area contributed by atoms with Gasteiger partial charge >= 0.3 is 0 Å². The predicted octanol–water partition coefficient (Wildman–Crippen LogP) is 2.80. The van der Waals surface area contributed by atoms with Crippen LogP contribution in [0.5, 0.6) is 5.75 Å². The smallest absolute Gasteiger partial charge is 0.269 e. The van der Waals surface area contributed by atoms with Crippen LogP contribution in [0.25, 0.3) is 22.0 Å². The molecule has 3 aromatic carbocycles. The third kappa shape index (κ3) is 6.49. The number of hydrogen-bond acceptors (Lipinski definition) is 7. The van der Waals surface area contributed by atoms with Crippen molar-refractivity contribution in [3.05, 3.63) is 77.2 Å². The fourth-order valence-corrected chi connectivity index (χ4v) is 5.49. The molecule has 5 rings (SSSR count). The van der Waals surface area contributed by atoms with Crippen LogP contribution in [0.1, 0.15) is 16.9 Å². The second-order valence-corrected chi connectivity index (χ2v) is 12.0. The zero-order chi connectivity index (χ0) is 31.8. The molecule has 1 aromatic heterocycles. The number of fused-ring (bicyclic) bond motifs is 1. The van der Waals surface area contributed by atoms with E-state index in [4.69, 9.17) is 27.2 Å². The van der Waals surface area contributed by atoms with Gasteiger partial charge in [0.25, 0.3) is 5.91 Å². The first-order valence-corrected chi connectivity index (χ1v) is 15.1. The summed E-state index contributed by atoms with van der Waals surface area (Å²) in [6, 6.07) is 13.7. The maximum atomic E-state index is 15.4. The van der Waals surface area contributed by atoms with Crippen LogP contribution in [-0.2, 0) is 26.2 Å². The number of carbonyl (C=O) groups is 3. The molecule has 1 fully saturated rings. The molecule has 0 aliphatic carbocycles. The van der Waals surface area contributed by atoms with Gasteiger partial charge in [-0.2, -0.15) is 5.10 Å². The maximum absolute atomic E-state index is 15.4. The van der Waals surface area contributed by atoms with E-state index in [0.717, 1.165) is 9.58 Å². The first-order chi connectivity index (χ1) is 20.8. The number of anilines is 1. The molecule has 3 amide bonds. The molecule has 2 heterocycles. The zero-order valence-electron chi connectivity index (χ0n) is 22.7. The number of primary sulfonamides is 1. The molecular weight excluding hydrogens is 622 g/mol. The second kappa shape index (κ2) is 12.2. The molecule has 1 aliphatic rings. The van der Waals surface area contributed by atoms with Gasteiger partial charge in [0.15, 0.2) is 11.5 Å². The number of amides is 3. The number of carbonyl (C=O) groups excluding carboxylic acids is 3. The number of alkyl halides is 1. The number of hydrogen-bond donors (Lipinski definition) is 3. The van der Waals surface area contributed by atoms with Gasteiger partial charge < -0.3 is 20.7 Å². The van der Waals surface area contributed by atoms with Crippen molar-refractivity contribution in [2.45, 2.75) is 25.2 Å². The zero-order valence-corrected chi connectivity index (χ0v) is 24.3. The molecule has 16 heteroatoms. The number of nitrogens with zero attached hydrogens (tertiary/aromatic N) is 3. The third-order valence-corrected chi connectivity index (χ3v) is 7.70. The van der Waals surface area contributed by atoms with Gasteiger partial charge in [-0.25, -0.2) is 22.3 Å². The Bertz CT molecular complexity index is 1900. The maximum Gasteiger partial charge on any atom is 0.269 e. The van der Waals surface area contributed by atoms with E-state index in [1.54, 1.807) is 24.3 Å². The van der Waals surface area contributed by atoms with Crippen molar-refractivity contribution in [3.63, 3.8) is 0 Å². The molecule has 2 atom stereocenters. The summed E-state index contributed by atoms with van der Waals surface area (Å²) >= 11 is 6.22. The Labute approximate surface area is 254 Å². The van der Waals surface area contributed by atoms with Crippen molar-refractivity contribution in [3.8, 4) is 16.9 Å². The highest BCUT2D eigenvalue weighted by Gasteiger charge is 2.40. The summed E-state index contributed by atoms with van der Waals surface area (Å²) in [7, 11) is -3.97. The lowest BCUT2D eigenvalue weighted by molar-refractivity contribution is -0.137. The number of rotatable bonds is 9. The molecule has 5 N–H and O–H groups in total. The van der Waals surface area contributed by atoms with Crippen LogP contribution in [0.15, 0.2) is 60.7 Å². The van der Waals surface area contributed by atoms with Gasteiger partial charge in [-0.05, 0) is 24.3 Å². The molecule has 12 nitrogen and oxygen atoms in total. The van der Waals surface area contributed by atoms with Crippen molar-refractivity contribution >= 4 is 55.9 Å². The summed E-state index contributed by atoms with van der Waals surface area (Å²) in [6.07, 6.45) is -1.87. The number of nitrogens with two attached hydrogens (primary N) is 2. The van der Waals surface area contributed by atoms with E-state index in [9.17, 15) is 27.2 Å². The van der Waals surface area contributed by atoms with E-state index in [0.29, 0.717) is 10.6 Å². The van der Waals surface area contributed by atoms with Gasteiger partial charge in [-0.3, -0.25) is 19.1 Å². The predicted molar refractivity (Wildman–Crippen MR) is 157 cm³/mol. The largest absolute Gasteiger partial charge is 0.476 e. The van der Waals surface area contributed by atoms with E-state index in [1.165, 1.54) is 36.4 Å². The highest BCUT2D eigenvalue weighted by Crippen LogP contribution is 2.33. The first kappa shape index (κ1) is 30.8. The van der Waals surface area contributed by atoms with E-state index >= 15 is 4.39 Å². The average molecular weight is 647 g/mol. The number of aromatic nitrogens is 2. The second-order valence-electron chi connectivity index (χ2n) is 10.0. The van der Waals surface area contributed by atoms with E-state index in [1.807, 2.05) is 0 Å². The molecule has 44 heavy (non-hydrogen) atoms. The van der Waals surface area contributed by atoms with Crippen LogP contribution in [0.3, 0.4) is 0 Å². The Balaban J connectivity index is 1.39. The minimum absolute atomic E-state index is 0.0411. The van der Waals surface area contributed by atoms with E-state index in [-0.39, 0.29) is 40.0 Å². The van der Waals surface area contributed by atoms with Gasteiger partial charge in [0.1, 0.15) is 24.5 Å². The van der Waals surface area contributed by atoms with Gasteiger partial charge in [-0.1, -0.05) is 41.9 Å². The number of halogens is 3. The molecule has 230 valence electrons. The highest BCUT2D eigenvalue weighted by molar-refractivity contribution is 7.88. The van der Waals surface area contributed by atoms with Crippen LogP contribution in [0.2, 0.25) is 5.02 Å². The third-order valence-electron chi connectivity index (χ3n) is 6.93. The van der Waals surface area contributed by atoms with Gasteiger partial charge in [0, 0.05) is 34.0 Å². The Morgan fingerprint density at radius 1 is 1.09 bits per heavy atom. The number of likely N-dealkylation sites (tertiary alicyclic amines) is 1. The van der Waals surface area contributed by atoms with Crippen LogP contribution in [0.4, 0.5) is 14.5 Å². The van der Waals surface area contributed by atoms with E-state index in [2.05, 4.69) is 10.4 Å². The minimum Gasteiger partial charge on any atom is -0.476 e. The summed E-state index contributed by atoms with van der Waals surface area (Å²) < 4.78 is 58.9. The van der Waals surface area contributed by atoms with Gasteiger partial charge in [0.2, 0.25) is 27.8 Å². The summed E-state index contributed by atoms with van der Waals surface area (Å²) in [4.78, 5) is 39.7. The van der Waals surface area contributed by atoms with Crippen molar-refractivity contribution in [2.75, 3.05) is 17.8 Å². The number of benzene rings is 3. The Hall–Kier alpha value is -4.60. The lowest BCUT2D eigenvalue weighted by Gasteiger charge is -2.24. The van der Waals surface area contributed by atoms with Crippen LogP contribution >= 0.6 is 11.6 Å². The first-order valence-electron chi connectivity index (χ1n) is 13.0. The highest BCUT2D eigenvalue weighted by atomic mass is 35.5. The normalized spacial score (nSPS) is 16.7. The van der Waals surface area contributed by atoms with Crippen LogP contribution < -0.4 is 20.9 Å². The van der Waals surface area contributed by atoms with Crippen LogP contribution in [0, 0.1) is 5.82 Å². The molecule has 2 unspecified atom stereocenters. The van der Waals surface area contributed by atoms with Crippen molar-refractivity contribution < 1.29 is 36.3 Å². The fourth-order valence-electron chi connectivity index (χ4n) is 4.96. The number of nitrogens with one attached hydrogen (secondary N) is 1. The van der Waals surface area contributed by atoms with Gasteiger partial charge in [0.05, 0.1) is 17.7 Å². The monoisotopic (exact) mass is 646 g/mol. The summed E-state index contributed by atoms with van der Waals surface area (Å²) in [6.45, 7) is -0.959. The summed E-state index contributed by atoms with van der Waals surface area (Å²) in [5.41, 5.74) is 5.80. The van der Waals surface area contributed by atoms with Crippen molar-refractivity contribution in [1.29, 1.82) is 0 Å². The molecule has 0 bridgehead atoms. The summed E-state index contributed by atoms with van der Waals surface area (Å²) in [5, 5.41) is 12.1. The molecular formula is C28H25ClF2N6O6S. The Morgan fingerprint density at radius 2 is 1.82 bits per heavy atom. The lowest BCUT2D eigenvalue weighted by atomic mass is 10.0. The van der Waals surface area contributed by atoms with Crippen molar-refractivity contribution in [2.24, 2.45) is 10.9 Å². The Kier molecular flexibility index (Phi) is 8.54. The number of ether oxygens (including phenoxy) is 1. The quantitative estimate of drug-likeness (QED) is 0.250. The molecule has 0 spiro atoms. The number of primary amides is 1. The standard InChI is InChI=1S/C28H25ClF2N6O6S/c29-20-6-2-1-4-17(20)18-5-3-7-21(25(18)31)34-28(40)23-10-15(30)12-36(23)24(38)13-37-22-11-16(43-14-44(33,41)42)8-9-19(22)26(35-37)27(32)39/h1-9,11,15,23H,10,12-14H2,(H2,32,39)(H,34,40)(H2,33,41,42).